The van der Waals surface area contributed by atoms with Crippen LogP contribution in [0.25, 0.3) is 5.57 Å². The van der Waals surface area contributed by atoms with Crippen molar-refractivity contribution in [2.45, 2.75) is 26.7 Å². The van der Waals surface area contributed by atoms with Crippen molar-refractivity contribution in [1.82, 2.24) is 4.90 Å². The SMILES string of the molecule is CCOc1ccc(C2=C(N3CCCC(C)C3)C(=O)N(c3cccc(N(C)C)c3)C2=O)cc1. The van der Waals surface area contributed by atoms with E-state index in [2.05, 4.69) is 11.8 Å². The van der Waals surface area contributed by atoms with Crippen LogP contribution in [0.3, 0.4) is 0 Å². The first kappa shape index (κ1) is 21.9. The third-order valence-electron chi connectivity index (χ3n) is 6.09. The summed E-state index contributed by atoms with van der Waals surface area (Å²) >= 11 is 0. The molecule has 0 bridgehead atoms. The number of nitrogens with zero attached hydrogens (tertiary/aromatic N) is 3. The zero-order chi connectivity index (χ0) is 22.8. The van der Waals surface area contributed by atoms with Gasteiger partial charge in [0.25, 0.3) is 11.8 Å². The number of ether oxygens (including phenoxy) is 1. The lowest BCUT2D eigenvalue weighted by molar-refractivity contribution is -0.120. The Hall–Kier alpha value is -3.28. The highest BCUT2D eigenvalue weighted by molar-refractivity contribution is 6.45. The van der Waals surface area contributed by atoms with Crippen molar-refractivity contribution in [1.29, 1.82) is 0 Å². The summed E-state index contributed by atoms with van der Waals surface area (Å²) < 4.78 is 5.56. The molecule has 0 aliphatic carbocycles. The first-order chi connectivity index (χ1) is 15.4. The van der Waals surface area contributed by atoms with Gasteiger partial charge in [-0.2, -0.15) is 0 Å². The van der Waals surface area contributed by atoms with E-state index in [4.69, 9.17) is 4.74 Å². The topological polar surface area (TPSA) is 53.1 Å². The molecule has 168 valence electrons. The quantitative estimate of drug-likeness (QED) is 0.640. The fraction of sp³-hybridized carbons (Fsp3) is 0.385. The number of amides is 2. The maximum atomic E-state index is 13.7. The second-order valence-corrected chi connectivity index (χ2v) is 8.73. The lowest BCUT2D eigenvalue weighted by Crippen LogP contribution is -2.39. The summed E-state index contributed by atoms with van der Waals surface area (Å²) in [6.45, 7) is 6.27. The summed E-state index contributed by atoms with van der Waals surface area (Å²) in [4.78, 5) is 32.8. The second-order valence-electron chi connectivity index (χ2n) is 8.73. The maximum Gasteiger partial charge on any atom is 0.282 e. The van der Waals surface area contributed by atoms with Crippen LogP contribution in [0.1, 0.15) is 32.3 Å². The van der Waals surface area contributed by atoms with Crippen LogP contribution in [0.2, 0.25) is 0 Å². The summed E-state index contributed by atoms with van der Waals surface area (Å²) in [5.74, 6) is 0.705. The molecule has 1 saturated heterocycles. The van der Waals surface area contributed by atoms with Crippen molar-refractivity contribution in [3.8, 4) is 5.75 Å². The average Bonchev–Trinajstić information content (AvgIpc) is 3.04. The highest BCUT2D eigenvalue weighted by Gasteiger charge is 2.43. The Kier molecular flexibility index (Phi) is 6.21. The Balaban J connectivity index is 1.79. The standard InChI is InChI=1S/C26H31N3O3/c1-5-32-22-13-11-19(12-14-22)23-24(28-15-7-8-18(2)17-28)26(31)29(25(23)30)21-10-6-9-20(16-21)27(3)4/h6,9-14,16,18H,5,7-8,15,17H2,1-4H3. The number of benzene rings is 2. The first-order valence-corrected chi connectivity index (χ1v) is 11.3. The van der Waals surface area contributed by atoms with Crippen LogP contribution in [0.4, 0.5) is 11.4 Å². The molecular weight excluding hydrogens is 402 g/mol. The molecule has 1 fully saturated rings. The summed E-state index contributed by atoms with van der Waals surface area (Å²) in [7, 11) is 3.88. The van der Waals surface area contributed by atoms with Crippen LogP contribution in [0.15, 0.2) is 54.2 Å². The van der Waals surface area contributed by atoms with Gasteiger partial charge in [-0.3, -0.25) is 9.59 Å². The van der Waals surface area contributed by atoms with Gasteiger partial charge in [0.15, 0.2) is 0 Å². The van der Waals surface area contributed by atoms with E-state index in [1.165, 1.54) is 4.90 Å². The third-order valence-corrected chi connectivity index (χ3v) is 6.09. The minimum Gasteiger partial charge on any atom is -0.494 e. The van der Waals surface area contributed by atoms with Crippen molar-refractivity contribution >= 4 is 28.8 Å². The van der Waals surface area contributed by atoms with Gasteiger partial charge < -0.3 is 14.5 Å². The molecule has 2 amide bonds. The number of hydrogen-bond donors (Lipinski definition) is 0. The summed E-state index contributed by atoms with van der Waals surface area (Å²) in [5.41, 5.74) is 3.26. The van der Waals surface area contributed by atoms with E-state index in [1.807, 2.05) is 74.4 Å². The maximum absolute atomic E-state index is 13.7. The Morgan fingerprint density at radius 2 is 1.81 bits per heavy atom. The molecule has 0 N–H and O–H groups in total. The van der Waals surface area contributed by atoms with E-state index in [0.717, 1.165) is 42.9 Å². The van der Waals surface area contributed by atoms with Crippen molar-refractivity contribution in [2.24, 2.45) is 5.92 Å². The predicted molar refractivity (Wildman–Crippen MR) is 128 cm³/mol. The highest BCUT2D eigenvalue weighted by atomic mass is 16.5. The lowest BCUT2D eigenvalue weighted by atomic mass is 9.97. The molecule has 6 nitrogen and oxygen atoms in total. The van der Waals surface area contributed by atoms with Crippen LogP contribution in [0.5, 0.6) is 5.75 Å². The smallest absolute Gasteiger partial charge is 0.282 e. The minimum atomic E-state index is -0.275. The van der Waals surface area contributed by atoms with Crippen LogP contribution in [-0.2, 0) is 9.59 Å². The fourth-order valence-corrected chi connectivity index (χ4v) is 4.49. The molecule has 2 aliphatic rings. The molecule has 0 spiro atoms. The van der Waals surface area contributed by atoms with Gasteiger partial charge in [0.2, 0.25) is 0 Å². The molecule has 1 atom stereocenters. The monoisotopic (exact) mass is 433 g/mol. The zero-order valence-corrected chi connectivity index (χ0v) is 19.3. The largest absolute Gasteiger partial charge is 0.494 e. The van der Waals surface area contributed by atoms with E-state index in [9.17, 15) is 9.59 Å². The number of piperidine rings is 1. The van der Waals surface area contributed by atoms with Gasteiger partial charge in [-0.1, -0.05) is 25.1 Å². The van der Waals surface area contributed by atoms with E-state index < -0.39 is 0 Å². The summed E-state index contributed by atoms with van der Waals surface area (Å²) in [6, 6.07) is 15.0. The summed E-state index contributed by atoms with van der Waals surface area (Å²) in [5, 5.41) is 0. The molecule has 0 aromatic heterocycles. The van der Waals surface area contributed by atoms with E-state index in [-0.39, 0.29) is 11.8 Å². The highest BCUT2D eigenvalue weighted by Crippen LogP contribution is 2.37. The van der Waals surface area contributed by atoms with Gasteiger partial charge in [0.05, 0.1) is 17.9 Å². The fourth-order valence-electron chi connectivity index (χ4n) is 4.49. The summed E-state index contributed by atoms with van der Waals surface area (Å²) in [6.07, 6.45) is 2.15. The van der Waals surface area contributed by atoms with Crippen molar-refractivity contribution in [2.75, 3.05) is 43.6 Å². The molecule has 4 rings (SSSR count). The number of carbonyl (C=O) groups is 2. The third kappa shape index (κ3) is 4.09. The number of likely N-dealkylation sites (tertiary alicyclic amines) is 1. The van der Waals surface area contributed by atoms with Gasteiger partial charge in [0.1, 0.15) is 11.4 Å². The molecule has 2 aromatic carbocycles. The normalized spacial score (nSPS) is 19.1. The molecule has 2 aromatic rings. The zero-order valence-electron chi connectivity index (χ0n) is 19.3. The van der Waals surface area contributed by atoms with Crippen LogP contribution < -0.4 is 14.5 Å². The number of imide groups is 1. The van der Waals surface area contributed by atoms with Crippen molar-refractivity contribution < 1.29 is 14.3 Å². The van der Waals surface area contributed by atoms with Crippen LogP contribution in [-0.4, -0.2) is 50.5 Å². The molecule has 2 heterocycles. The van der Waals surface area contributed by atoms with Crippen molar-refractivity contribution in [3.05, 3.63) is 59.8 Å². The van der Waals surface area contributed by atoms with Gasteiger partial charge in [-0.25, -0.2) is 4.90 Å². The molecule has 2 aliphatic heterocycles. The number of anilines is 2. The Morgan fingerprint density at radius 1 is 1.06 bits per heavy atom. The Morgan fingerprint density at radius 3 is 2.47 bits per heavy atom. The predicted octanol–water partition coefficient (Wildman–Crippen LogP) is 4.17. The Labute approximate surface area is 190 Å². The van der Waals surface area contributed by atoms with Crippen LogP contribution >= 0.6 is 0 Å². The molecule has 1 unspecified atom stereocenters. The van der Waals surface area contributed by atoms with Gasteiger partial charge >= 0.3 is 0 Å². The van der Waals surface area contributed by atoms with E-state index in [1.54, 1.807) is 0 Å². The average molecular weight is 434 g/mol. The molecule has 6 heteroatoms. The van der Waals surface area contributed by atoms with E-state index in [0.29, 0.717) is 29.5 Å². The lowest BCUT2D eigenvalue weighted by Gasteiger charge is -2.33. The van der Waals surface area contributed by atoms with Gasteiger partial charge in [0, 0.05) is 32.9 Å². The molecule has 0 saturated carbocycles. The Bertz CT molecular complexity index is 1040. The first-order valence-electron chi connectivity index (χ1n) is 11.3. The molecular formula is C26H31N3O3. The van der Waals surface area contributed by atoms with Gasteiger partial charge in [-0.05, 0) is 61.6 Å². The number of rotatable bonds is 6. The molecule has 32 heavy (non-hydrogen) atoms. The number of carbonyl (C=O) groups excluding carboxylic acids is 2. The minimum absolute atomic E-state index is 0.246. The number of hydrogen-bond acceptors (Lipinski definition) is 5. The van der Waals surface area contributed by atoms with Crippen molar-refractivity contribution in [3.63, 3.8) is 0 Å². The van der Waals surface area contributed by atoms with Gasteiger partial charge in [-0.15, -0.1) is 0 Å². The van der Waals surface area contributed by atoms with Crippen LogP contribution in [0, 0.1) is 5.92 Å². The second kappa shape index (κ2) is 9.07. The van der Waals surface area contributed by atoms with E-state index >= 15 is 0 Å². The molecule has 0 radical (unpaired) electrons.